The number of rotatable bonds is 14. The fraction of sp³-hybridized carbons (Fsp3) is 0.938. The summed E-state index contributed by atoms with van der Waals surface area (Å²) in [4.78, 5) is 33.4. The number of carboxylic acid groups (broad SMARTS) is 1. The van der Waals surface area contributed by atoms with Crippen molar-refractivity contribution in [2.24, 2.45) is 11.5 Å². The van der Waals surface area contributed by atoms with Crippen molar-refractivity contribution in [1.82, 2.24) is 10.2 Å². The van der Waals surface area contributed by atoms with Gasteiger partial charge in [0.2, 0.25) is 0 Å². The minimum Gasteiger partial charge on any atom is -0.480 e. The summed E-state index contributed by atoms with van der Waals surface area (Å²) in [5.41, 5.74) is 10.0. The predicted octanol–water partition coefficient (Wildman–Crippen LogP) is 0.318. The van der Waals surface area contributed by atoms with Crippen LogP contribution in [0.2, 0.25) is 0 Å². The van der Waals surface area contributed by atoms with E-state index in [1.807, 2.05) is 0 Å². The summed E-state index contributed by atoms with van der Waals surface area (Å²) in [7, 11) is -4.64. The zero-order chi connectivity index (χ0) is 21.6. The first-order valence-corrected chi connectivity index (χ1v) is 11.0. The van der Waals surface area contributed by atoms with E-state index in [9.17, 15) is 4.79 Å². The fourth-order valence-corrected chi connectivity index (χ4v) is 1.97. The number of hydrogen-bond donors (Lipinski definition) is 7. The molecule has 0 aliphatic carbocycles. The molecular formula is C16H41N4O6P. The minimum atomic E-state index is -4.64. The Morgan fingerprint density at radius 1 is 0.926 bits per heavy atom. The molecule has 0 heterocycles. The number of unbranched alkanes of at least 4 members (excludes halogenated alkanes) is 4. The second kappa shape index (κ2) is 23.5. The lowest BCUT2D eigenvalue weighted by Crippen LogP contribution is -2.35. The number of nitrogens with two attached hydrogens (primary N) is 2. The van der Waals surface area contributed by atoms with Crippen LogP contribution in [-0.4, -0.2) is 76.5 Å². The van der Waals surface area contributed by atoms with E-state index < -0.39 is 13.8 Å². The highest BCUT2D eigenvalue weighted by atomic mass is 31.2. The number of nitrogens with one attached hydrogen (secondary N) is 1. The first-order chi connectivity index (χ1) is 12.6. The summed E-state index contributed by atoms with van der Waals surface area (Å²) >= 11 is 0. The number of hydrogen-bond acceptors (Lipinski definition) is 6. The van der Waals surface area contributed by atoms with Crippen LogP contribution in [0.15, 0.2) is 0 Å². The van der Waals surface area contributed by atoms with Gasteiger partial charge in [0.15, 0.2) is 0 Å². The van der Waals surface area contributed by atoms with Crippen LogP contribution in [0.1, 0.15) is 52.4 Å². The van der Waals surface area contributed by atoms with Crippen LogP contribution >= 0.6 is 7.82 Å². The van der Waals surface area contributed by atoms with Crippen molar-refractivity contribution in [2.75, 3.05) is 45.8 Å². The van der Waals surface area contributed by atoms with Gasteiger partial charge >= 0.3 is 13.8 Å². The molecular weight excluding hydrogens is 375 g/mol. The van der Waals surface area contributed by atoms with Gasteiger partial charge < -0.3 is 41.5 Å². The average Bonchev–Trinajstić information content (AvgIpc) is 2.57. The topological polar surface area (TPSA) is 182 Å². The summed E-state index contributed by atoms with van der Waals surface area (Å²) in [5.74, 6) is -0.968. The highest BCUT2D eigenvalue weighted by molar-refractivity contribution is 7.45. The molecule has 0 bridgehead atoms. The number of carboxylic acids is 1. The number of aliphatic carboxylic acids is 1. The van der Waals surface area contributed by atoms with E-state index in [2.05, 4.69) is 29.8 Å². The summed E-state index contributed by atoms with van der Waals surface area (Å²) < 4.78 is 8.88. The molecule has 0 saturated carbocycles. The van der Waals surface area contributed by atoms with Crippen molar-refractivity contribution in [1.29, 1.82) is 0 Å². The molecule has 0 rings (SSSR count). The van der Waals surface area contributed by atoms with Gasteiger partial charge in [-0.25, -0.2) is 4.57 Å². The number of carbonyl (C=O) groups is 1. The van der Waals surface area contributed by atoms with Crippen molar-refractivity contribution in [3.05, 3.63) is 0 Å². The monoisotopic (exact) mass is 416 g/mol. The third kappa shape index (κ3) is 45.9. The van der Waals surface area contributed by atoms with E-state index in [0.29, 0.717) is 0 Å². The SMILES string of the molecule is CCCCCN(CCCCC)CCNCCN.NCC(=O)O.O=P(O)(O)O. The van der Waals surface area contributed by atoms with Crippen LogP contribution in [0.3, 0.4) is 0 Å². The molecule has 166 valence electrons. The summed E-state index contributed by atoms with van der Waals surface area (Å²) in [6, 6.07) is 0. The number of nitrogens with zero attached hydrogens (tertiary/aromatic N) is 1. The predicted molar refractivity (Wildman–Crippen MR) is 108 cm³/mol. The van der Waals surface area contributed by atoms with Gasteiger partial charge in [-0.3, -0.25) is 4.79 Å². The van der Waals surface area contributed by atoms with E-state index in [1.54, 1.807) is 0 Å². The Bertz CT molecular complexity index is 340. The highest BCUT2D eigenvalue weighted by Gasteiger charge is 2.03. The van der Waals surface area contributed by atoms with E-state index in [-0.39, 0.29) is 6.54 Å². The van der Waals surface area contributed by atoms with Crippen LogP contribution in [0.25, 0.3) is 0 Å². The van der Waals surface area contributed by atoms with Crippen LogP contribution in [0, 0.1) is 0 Å². The smallest absolute Gasteiger partial charge is 0.466 e. The molecule has 11 heteroatoms. The van der Waals surface area contributed by atoms with Gasteiger partial charge in [0.1, 0.15) is 0 Å². The molecule has 0 unspecified atom stereocenters. The molecule has 0 amide bonds. The molecule has 0 radical (unpaired) electrons. The Hall–Kier alpha value is -0.580. The Morgan fingerprint density at radius 3 is 1.63 bits per heavy atom. The van der Waals surface area contributed by atoms with Crippen molar-refractivity contribution < 1.29 is 29.1 Å². The summed E-state index contributed by atoms with van der Waals surface area (Å²) in [5, 5.41) is 11.0. The Morgan fingerprint density at radius 2 is 1.33 bits per heavy atom. The molecule has 0 aromatic carbocycles. The van der Waals surface area contributed by atoms with Crippen LogP contribution in [-0.2, 0) is 9.36 Å². The zero-order valence-corrected chi connectivity index (χ0v) is 17.7. The lowest BCUT2D eigenvalue weighted by molar-refractivity contribution is -0.135. The minimum absolute atomic E-state index is 0.278. The molecule has 0 fully saturated rings. The van der Waals surface area contributed by atoms with Crippen molar-refractivity contribution in [2.45, 2.75) is 52.4 Å². The maximum absolute atomic E-state index is 9.24. The van der Waals surface area contributed by atoms with Gasteiger partial charge in [-0.1, -0.05) is 39.5 Å². The molecule has 9 N–H and O–H groups in total. The third-order valence-corrected chi connectivity index (χ3v) is 3.26. The molecule has 0 aliphatic rings. The van der Waals surface area contributed by atoms with Gasteiger partial charge in [0.25, 0.3) is 0 Å². The van der Waals surface area contributed by atoms with Crippen LogP contribution < -0.4 is 16.8 Å². The first-order valence-electron chi connectivity index (χ1n) is 9.45. The van der Waals surface area contributed by atoms with Crippen molar-refractivity contribution in [3.63, 3.8) is 0 Å². The first kappa shape index (κ1) is 31.1. The summed E-state index contributed by atoms with van der Waals surface area (Å²) in [6.07, 6.45) is 8.04. The standard InChI is InChI=1S/C14H33N3.C2H5NO2.H3O4P/c1-3-5-7-12-17(13-8-6-4-2)14-11-16-10-9-15;3-1-2(4)5;1-5(2,3)4/h16H,3-15H2,1-2H3;1,3H2,(H,4,5);(H3,1,2,3,4). The van der Waals surface area contributed by atoms with Crippen LogP contribution in [0.5, 0.6) is 0 Å². The molecule has 0 atom stereocenters. The molecule has 0 aliphatic heterocycles. The Labute approximate surface area is 163 Å². The average molecular weight is 417 g/mol. The van der Waals surface area contributed by atoms with E-state index in [1.165, 1.54) is 58.2 Å². The van der Waals surface area contributed by atoms with Gasteiger partial charge in [-0.05, 0) is 25.9 Å². The molecule has 0 aromatic heterocycles. The lowest BCUT2D eigenvalue weighted by Gasteiger charge is -2.22. The van der Waals surface area contributed by atoms with Gasteiger partial charge in [-0.2, -0.15) is 0 Å². The van der Waals surface area contributed by atoms with E-state index in [4.69, 9.17) is 30.1 Å². The molecule has 0 aromatic rings. The second-order valence-electron chi connectivity index (χ2n) is 5.91. The van der Waals surface area contributed by atoms with Crippen molar-refractivity contribution in [3.8, 4) is 0 Å². The summed E-state index contributed by atoms with van der Waals surface area (Å²) in [6.45, 7) is 10.7. The van der Waals surface area contributed by atoms with Crippen LogP contribution in [0.4, 0.5) is 0 Å². The van der Waals surface area contributed by atoms with Crippen molar-refractivity contribution >= 4 is 13.8 Å². The lowest BCUT2D eigenvalue weighted by atomic mass is 10.2. The quantitative estimate of drug-likeness (QED) is 0.154. The third-order valence-electron chi connectivity index (χ3n) is 3.26. The van der Waals surface area contributed by atoms with Gasteiger partial charge in [-0.15, -0.1) is 0 Å². The molecule has 27 heavy (non-hydrogen) atoms. The van der Waals surface area contributed by atoms with E-state index >= 15 is 0 Å². The molecule has 0 spiro atoms. The maximum atomic E-state index is 9.24. The van der Waals surface area contributed by atoms with Gasteiger partial charge in [0.05, 0.1) is 6.54 Å². The maximum Gasteiger partial charge on any atom is 0.466 e. The molecule has 0 saturated heterocycles. The normalized spacial score (nSPS) is 10.7. The molecule has 10 nitrogen and oxygen atoms in total. The Kier molecular flexibility index (Phi) is 27.0. The Balaban J connectivity index is -0.000000471. The zero-order valence-electron chi connectivity index (χ0n) is 16.8. The largest absolute Gasteiger partial charge is 0.480 e. The highest BCUT2D eigenvalue weighted by Crippen LogP contribution is 2.25. The fourth-order valence-electron chi connectivity index (χ4n) is 1.97. The number of phosphoric acid groups is 1. The van der Waals surface area contributed by atoms with E-state index in [0.717, 1.165) is 19.6 Å². The second-order valence-corrected chi connectivity index (χ2v) is 6.93. The van der Waals surface area contributed by atoms with Gasteiger partial charge in [0, 0.05) is 26.2 Å².